The van der Waals surface area contributed by atoms with E-state index in [9.17, 15) is 13.2 Å². The number of sulfonamides is 1. The van der Waals surface area contributed by atoms with Gasteiger partial charge < -0.3 is 10.2 Å². The number of likely N-dealkylation sites (N-methyl/N-ethyl adjacent to an activating group) is 1. The molecule has 0 aliphatic rings. The van der Waals surface area contributed by atoms with E-state index in [1.54, 1.807) is 12.1 Å². The molecule has 1 aromatic rings. The first kappa shape index (κ1) is 18.4. The Morgan fingerprint density at radius 1 is 1.18 bits per heavy atom. The van der Waals surface area contributed by atoms with E-state index in [0.29, 0.717) is 12.2 Å². The van der Waals surface area contributed by atoms with Crippen molar-refractivity contribution >= 4 is 21.6 Å². The molecule has 1 amide bonds. The van der Waals surface area contributed by atoms with E-state index < -0.39 is 10.0 Å². The topological polar surface area (TPSA) is 69.7 Å². The molecule has 0 radical (unpaired) electrons. The minimum atomic E-state index is -3.42. The number of anilines is 1. The summed E-state index contributed by atoms with van der Waals surface area (Å²) >= 11 is 0. The Morgan fingerprint density at radius 2 is 1.82 bits per heavy atom. The maximum atomic E-state index is 12.0. The lowest BCUT2D eigenvalue weighted by Gasteiger charge is -2.24. The predicted octanol–water partition coefficient (Wildman–Crippen LogP) is 0.829. The van der Waals surface area contributed by atoms with Crippen LogP contribution in [0.4, 0.5) is 5.69 Å². The quantitative estimate of drug-likeness (QED) is 0.768. The predicted molar refractivity (Wildman–Crippen MR) is 89.5 cm³/mol. The first-order valence-corrected chi connectivity index (χ1v) is 9.01. The molecule has 0 aliphatic heterocycles. The summed E-state index contributed by atoms with van der Waals surface area (Å²) in [6.45, 7) is 3.29. The summed E-state index contributed by atoms with van der Waals surface area (Å²) in [5, 5.41) is 2.78. The van der Waals surface area contributed by atoms with E-state index in [-0.39, 0.29) is 18.9 Å². The van der Waals surface area contributed by atoms with Gasteiger partial charge in [-0.15, -0.1) is 0 Å². The molecule has 0 unspecified atom stereocenters. The van der Waals surface area contributed by atoms with Crippen molar-refractivity contribution in [3.05, 3.63) is 29.8 Å². The smallest absolute Gasteiger partial charge is 0.232 e. The number of nitrogens with one attached hydrogen (secondary N) is 1. The van der Waals surface area contributed by atoms with E-state index in [2.05, 4.69) is 5.32 Å². The van der Waals surface area contributed by atoms with Crippen molar-refractivity contribution in [1.29, 1.82) is 0 Å². The fourth-order valence-electron chi connectivity index (χ4n) is 2.02. The van der Waals surface area contributed by atoms with Crippen LogP contribution in [0.25, 0.3) is 0 Å². The number of carbonyl (C=O) groups is 1. The summed E-state index contributed by atoms with van der Waals surface area (Å²) in [5.41, 5.74) is 1.48. The molecule has 124 valence electrons. The maximum Gasteiger partial charge on any atom is 0.232 e. The van der Waals surface area contributed by atoms with Crippen molar-refractivity contribution < 1.29 is 13.2 Å². The van der Waals surface area contributed by atoms with Crippen molar-refractivity contribution in [1.82, 2.24) is 10.2 Å². The number of hydrogen-bond acceptors (Lipinski definition) is 4. The fourth-order valence-corrected chi connectivity index (χ4v) is 3.00. The highest BCUT2D eigenvalue weighted by Gasteiger charge is 2.19. The van der Waals surface area contributed by atoms with Gasteiger partial charge in [-0.25, -0.2) is 8.42 Å². The van der Waals surface area contributed by atoms with Gasteiger partial charge in [-0.3, -0.25) is 9.10 Å². The molecule has 0 bridgehead atoms. The molecule has 0 saturated carbocycles. The van der Waals surface area contributed by atoms with Gasteiger partial charge in [-0.1, -0.05) is 18.2 Å². The summed E-state index contributed by atoms with van der Waals surface area (Å²) < 4.78 is 25.3. The molecule has 7 heteroatoms. The Bertz CT molecular complexity index is 600. The fraction of sp³-hybridized carbons (Fsp3) is 0.533. The van der Waals surface area contributed by atoms with Crippen LogP contribution < -0.4 is 9.62 Å². The Hall–Kier alpha value is -1.60. The van der Waals surface area contributed by atoms with Crippen LogP contribution in [0.1, 0.15) is 12.0 Å². The molecule has 0 atom stereocenters. The Kier molecular flexibility index (Phi) is 6.83. The van der Waals surface area contributed by atoms with E-state index in [1.165, 1.54) is 4.31 Å². The maximum absolute atomic E-state index is 12.0. The minimum Gasteiger partial charge on any atom is -0.355 e. The summed E-state index contributed by atoms with van der Waals surface area (Å²) in [6.07, 6.45) is 1.29. The lowest BCUT2D eigenvalue weighted by atomic mass is 10.2. The van der Waals surface area contributed by atoms with Crippen molar-refractivity contribution in [3.63, 3.8) is 0 Å². The highest BCUT2D eigenvalue weighted by atomic mass is 32.2. The van der Waals surface area contributed by atoms with Crippen LogP contribution in [-0.4, -0.2) is 59.2 Å². The Morgan fingerprint density at radius 3 is 2.36 bits per heavy atom. The second-order valence-corrected chi connectivity index (χ2v) is 7.43. The number of nitrogens with zero attached hydrogens (tertiary/aromatic N) is 2. The lowest BCUT2D eigenvalue weighted by Crippen LogP contribution is -2.36. The molecule has 0 saturated heterocycles. The first-order chi connectivity index (χ1) is 10.2. The van der Waals surface area contributed by atoms with Crippen LogP contribution >= 0.6 is 0 Å². The molecule has 0 aliphatic carbocycles. The zero-order valence-corrected chi connectivity index (χ0v) is 14.5. The van der Waals surface area contributed by atoms with Gasteiger partial charge in [0.2, 0.25) is 15.9 Å². The molecule has 1 N–H and O–H groups in total. The normalized spacial score (nSPS) is 11.5. The standard InChI is InChI=1S/C15H25N3O3S/c1-13-7-5-6-8-14(13)18(22(4,20)21)11-9-15(19)16-10-12-17(2)3/h5-8H,9-12H2,1-4H3,(H,16,19). The molecule has 0 aromatic heterocycles. The average Bonchev–Trinajstić information content (AvgIpc) is 2.39. The largest absolute Gasteiger partial charge is 0.355 e. The van der Waals surface area contributed by atoms with Crippen molar-refractivity contribution in [2.24, 2.45) is 0 Å². The van der Waals surface area contributed by atoms with Gasteiger partial charge in [-0.2, -0.15) is 0 Å². The highest BCUT2D eigenvalue weighted by Crippen LogP contribution is 2.22. The van der Waals surface area contributed by atoms with Gasteiger partial charge in [0, 0.05) is 26.1 Å². The van der Waals surface area contributed by atoms with Crippen molar-refractivity contribution in [2.75, 3.05) is 44.3 Å². The van der Waals surface area contributed by atoms with Gasteiger partial charge in [0.1, 0.15) is 0 Å². The first-order valence-electron chi connectivity index (χ1n) is 7.16. The lowest BCUT2D eigenvalue weighted by molar-refractivity contribution is -0.120. The van der Waals surface area contributed by atoms with Crippen LogP contribution in [0.15, 0.2) is 24.3 Å². The van der Waals surface area contributed by atoms with Gasteiger partial charge in [0.25, 0.3) is 0 Å². The zero-order valence-electron chi connectivity index (χ0n) is 13.7. The molecule has 0 spiro atoms. The number of carbonyl (C=O) groups excluding carboxylic acids is 1. The van der Waals surface area contributed by atoms with Crippen molar-refractivity contribution in [2.45, 2.75) is 13.3 Å². The van der Waals surface area contributed by atoms with Crippen LogP contribution in [0.2, 0.25) is 0 Å². The minimum absolute atomic E-state index is 0.134. The number of hydrogen-bond donors (Lipinski definition) is 1. The molecule has 0 heterocycles. The van der Waals surface area contributed by atoms with E-state index >= 15 is 0 Å². The van der Waals surface area contributed by atoms with E-state index in [4.69, 9.17) is 0 Å². The molecule has 22 heavy (non-hydrogen) atoms. The van der Waals surface area contributed by atoms with E-state index in [1.807, 2.05) is 38.1 Å². The third-order valence-electron chi connectivity index (χ3n) is 3.21. The molecular weight excluding hydrogens is 302 g/mol. The summed E-state index contributed by atoms with van der Waals surface area (Å²) in [5.74, 6) is -0.149. The molecular formula is C15H25N3O3S. The number of amides is 1. The second-order valence-electron chi connectivity index (χ2n) is 5.52. The number of para-hydroxylation sites is 1. The molecule has 1 rings (SSSR count). The molecule has 6 nitrogen and oxygen atoms in total. The number of aryl methyl sites for hydroxylation is 1. The monoisotopic (exact) mass is 327 g/mol. The molecule has 0 fully saturated rings. The Balaban J connectivity index is 2.69. The van der Waals surface area contributed by atoms with Gasteiger partial charge in [-0.05, 0) is 32.6 Å². The van der Waals surface area contributed by atoms with Gasteiger partial charge in [0.05, 0.1) is 11.9 Å². The Labute approximate surface area is 133 Å². The third kappa shape index (κ3) is 6.03. The second kappa shape index (κ2) is 8.14. The summed E-state index contributed by atoms with van der Waals surface area (Å²) in [6, 6.07) is 7.25. The van der Waals surface area contributed by atoms with Gasteiger partial charge in [0.15, 0.2) is 0 Å². The zero-order chi connectivity index (χ0) is 16.8. The number of benzene rings is 1. The van der Waals surface area contributed by atoms with Crippen molar-refractivity contribution in [3.8, 4) is 0 Å². The third-order valence-corrected chi connectivity index (χ3v) is 4.39. The van der Waals surface area contributed by atoms with E-state index in [0.717, 1.165) is 18.4 Å². The SMILES string of the molecule is Cc1ccccc1N(CCC(=O)NCCN(C)C)S(C)(=O)=O. The summed E-state index contributed by atoms with van der Waals surface area (Å²) in [4.78, 5) is 13.8. The van der Waals surface area contributed by atoms with Crippen LogP contribution in [0, 0.1) is 6.92 Å². The average molecular weight is 327 g/mol. The van der Waals surface area contributed by atoms with Crippen LogP contribution in [0.5, 0.6) is 0 Å². The highest BCUT2D eigenvalue weighted by molar-refractivity contribution is 7.92. The van der Waals surface area contributed by atoms with Crippen LogP contribution in [0.3, 0.4) is 0 Å². The molecule has 1 aromatic carbocycles. The van der Waals surface area contributed by atoms with Gasteiger partial charge >= 0.3 is 0 Å². The number of rotatable bonds is 8. The summed E-state index contributed by atoms with van der Waals surface area (Å²) in [7, 11) is 0.428. The van der Waals surface area contributed by atoms with Crippen LogP contribution in [-0.2, 0) is 14.8 Å².